The van der Waals surface area contributed by atoms with Crippen LogP contribution in [0.1, 0.15) is 297 Å². The zero-order valence-electron chi connectivity index (χ0n) is 58.9. The summed E-state index contributed by atoms with van der Waals surface area (Å²) in [5.41, 5.74) is 0. The van der Waals surface area contributed by atoms with Crippen LogP contribution >= 0.6 is 15.6 Å². The van der Waals surface area contributed by atoms with E-state index in [-0.39, 0.29) is 25.7 Å². The third-order valence-electron chi connectivity index (χ3n) is 15.0. The Morgan fingerprint density at radius 3 is 0.915 bits per heavy atom. The maximum Gasteiger partial charge on any atom is 0.472 e. The summed E-state index contributed by atoms with van der Waals surface area (Å²) in [6, 6.07) is 0. The molecule has 94 heavy (non-hydrogen) atoms. The number of rotatable bonds is 68. The van der Waals surface area contributed by atoms with Crippen molar-refractivity contribution in [3.8, 4) is 0 Å². The summed E-state index contributed by atoms with van der Waals surface area (Å²) in [6.45, 7) is 4.53. The highest BCUT2D eigenvalue weighted by atomic mass is 31.2. The number of aliphatic hydroxyl groups is 1. The maximum atomic E-state index is 13.0. The van der Waals surface area contributed by atoms with E-state index in [0.29, 0.717) is 25.7 Å². The van der Waals surface area contributed by atoms with Crippen molar-refractivity contribution in [3.63, 3.8) is 0 Å². The van der Waals surface area contributed by atoms with Gasteiger partial charge in [0.25, 0.3) is 0 Å². The van der Waals surface area contributed by atoms with Gasteiger partial charge in [0.05, 0.1) is 26.4 Å². The third-order valence-corrected chi connectivity index (χ3v) is 16.9. The molecule has 0 aromatic heterocycles. The van der Waals surface area contributed by atoms with Gasteiger partial charge >= 0.3 is 39.5 Å². The van der Waals surface area contributed by atoms with Crippen molar-refractivity contribution in [1.29, 1.82) is 0 Å². The number of aliphatic hydroxyl groups excluding tert-OH is 1. The normalized spacial score (nSPS) is 14.6. The molecule has 0 spiro atoms. The second-order valence-electron chi connectivity index (χ2n) is 24.1. The smallest absolute Gasteiger partial charge is 0.462 e. The third kappa shape index (κ3) is 66.6. The average molecular weight is 1370 g/mol. The van der Waals surface area contributed by atoms with Gasteiger partial charge < -0.3 is 33.8 Å². The summed E-state index contributed by atoms with van der Waals surface area (Å²) in [7, 11) is -9.95. The number of carbonyl (C=O) groups excluding carboxylic acids is 4. The first-order valence-corrected chi connectivity index (χ1v) is 39.5. The summed E-state index contributed by atoms with van der Waals surface area (Å²) in [4.78, 5) is 72.6. The maximum absolute atomic E-state index is 13.0. The monoisotopic (exact) mass is 1360 g/mol. The van der Waals surface area contributed by atoms with Crippen molar-refractivity contribution >= 4 is 39.5 Å². The Kier molecular flexibility index (Phi) is 64.7. The lowest BCUT2D eigenvalue weighted by atomic mass is 10.0. The van der Waals surface area contributed by atoms with Gasteiger partial charge in [-0.05, 0) is 116 Å². The van der Waals surface area contributed by atoms with Crippen LogP contribution in [0.15, 0.2) is 97.2 Å². The number of phosphoric ester groups is 2. The zero-order valence-corrected chi connectivity index (χ0v) is 60.7. The Hall–Kier alpha value is -4.02. The molecule has 0 aromatic carbocycles. The van der Waals surface area contributed by atoms with Gasteiger partial charge in [-0.1, -0.05) is 253 Å². The summed E-state index contributed by atoms with van der Waals surface area (Å²) >= 11 is 0. The van der Waals surface area contributed by atoms with Gasteiger partial charge in [-0.25, -0.2) is 9.13 Å². The van der Waals surface area contributed by atoms with E-state index in [0.717, 1.165) is 154 Å². The van der Waals surface area contributed by atoms with Gasteiger partial charge in [-0.15, -0.1) is 0 Å². The molecule has 0 saturated heterocycles. The van der Waals surface area contributed by atoms with Crippen LogP contribution in [0, 0.1) is 0 Å². The fraction of sp³-hybridized carbons (Fsp3) is 0.733. The minimum atomic E-state index is -4.98. The molecule has 0 amide bonds. The summed E-state index contributed by atoms with van der Waals surface area (Å²) in [5.74, 6) is -2.24. The fourth-order valence-corrected chi connectivity index (χ4v) is 11.1. The standard InChI is InChI=1S/C75H130O17P2/c1-5-9-13-17-21-25-29-32-34-37-40-43-47-51-55-59-72(77)85-65-70(91-74(79)61-57-53-49-45-39-28-24-20-16-12-8-4)67-89-93(81,82)87-63-69(76)64-88-94(83,84)90-68-71(92-75(80)62-58-54-50-46-42-36-31-27-23-19-15-11-7-3)66-86-73(78)60-56-52-48-44-41-38-35-33-30-26-22-18-14-10-6-2/h9-10,13-14,20-22,24-26,32-35,41,44,69-71,76H,5-8,11-12,15-19,23,27-31,36-40,42-43,45-68H2,1-4H3,(H,81,82)(H,83,84)/b13-9-,14-10-,24-20-,25-21-,26-22-,34-32-,35-33-,44-41-. The van der Waals surface area contributed by atoms with Crippen LogP contribution in [0.4, 0.5) is 0 Å². The van der Waals surface area contributed by atoms with Crippen molar-refractivity contribution in [2.75, 3.05) is 39.6 Å². The first-order valence-electron chi connectivity index (χ1n) is 36.5. The molecule has 0 aliphatic carbocycles. The molecule has 0 heterocycles. The molecule has 5 unspecified atom stereocenters. The van der Waals surface area contributed by atoms with Gasteiger partial charge in [0.1, 0.15) is 19.3 Å². The van der Waals surface area contributed by atoms with Gasteiger partial charge in [0, 0.05) is 25.7 Å². The average Bonchev–Trinajstić information content (AvgIpc) is 1.55. The van der Waals surface area contributed by atoms with Crippen molar-refractivity contribution in [3.05, 3.63) is 97.2 Å². The van der Waals surface area contributed by atoms with E-state index in [1.54, 1.807) is 0 Å². The van der Waals surface area contributed by atoms with Crippen LogP contribution in [-0.4, -0.2) is 96.7 Å². The highest BCUT2D eigenvalue weighted by molar-refractivity contribution is 7.47. The van der Waals surface area contributed by atoms with Crippen LogP contribution in [0.3, 0.4) is 0 Å². The first kappa shape index (κ1) is 90.0. The van der Waals surface area contributed by atoms with Crippen molar-refractivity contribution < 1.29 is 80.2 Å². The molecule has 5 atom stereocenters. The predicted octanol–water partition coefficient (Wildman–Crippen LogP) is 20.4. The lowest BCUT2D eigenvalue weighted by Gasteiger charge is -2.21. The zero-order chi connectivity index (χ0) is 69.0. The Balaban J connectivity index is 5.35. The van der Waals surface area contributed by atoms with Crippen LogP contribution in [0.25, 0.3) is 0 Å². The van der Waals surface area contributed by atoms with Crippen LogP contribution < -0.4 is 0 Å². The Morgan fingerprint density at radius 2 is 0.564 bits per heavy atom. The quantitative estimate of drug-likeness (QED) is 0.0169. The second-order valence-corrected chi connectivity index (χ2v) is 27.0. The van der Waals surface area contributed by atoms with E-state index >= 15 is 0 Å². The van der Waals surface area contributed by atoms with E-state index in [2.05, 4.69) is 125 Å². The molecule has 0 aliphatic heterocycles. The van der Waals surface area contributed by atoms with Crippen LogP contribution in [-0.2, 0) is 65.4 Å². The minimum absolute atomic E-state index is 0.0798. The molecule has 0 aliphatic rings. The number of hydrogen-bond donors (Lipinski definition) is 3. The van der Waals surface area contributed by atoms with Crippen molar-refractivity contribution in [2.45, 2.75) is 316 Å². The Labute approximate surface area is 569 Å². The van der Waals surface area contributed by atoms with E-state index in [1.165, 1.54) is 64.2 Å². The molecular formula is C75H130O17P2. The van der Waals surface area contributed by atoms with E-state index < -0.39 is 97.5 Å². The molecular weight excluding hydrogens is 1230 g/mol. The molecule has 542 valence electrons. The fourth-order valence-electron chi connectivity index (χ4n) is 9.50. The van der Waals surface area contributed by atoms with E-state index in [4.69, 9.17) is 37.0 Å². The number of unbranched alkanes of at least 4 members (excludes halogenated alkanes) is 26. The predicted molar refractivity (Wildman–Crippen MR) is 381 cm³/mol. The van der Waals surface area contributed by atoms with E-state index in [1.807, 2.05) is 0 Å². The number of esters is 4. The molecule has 0 aromatic rings. The summed E-state index contributed by atoms with van der Waals surface area (Å²) < 4.78 is 68.3. The molecule has 0 rings (SSSR count). The number of carbonyl (C=O) groups is 4. The summed E-state index contributed by atoms with van der Waals surface area (Å²) in [6.07, 6.45) is 68.5. The first-order chi connectivity index (χ1) is 45.7. The lowest BCUT2D eigenvalue weighted by molar-refractivity contribution is -0.161. The Morgan fingerprint density at radius 1 is 0.309 bits per heavy atom. The van der Waals surface area contributed by atoms with Gasteiger partial charge in [0.15, 0.2) is 12.2 Å². The van der Waals surface area contributed by atoms with Crippen LogP contribution in [0.2, 0.25) is 0 Å². The topological polar surface area (TPSA) is 237 Å². The van der Waals surface area contributed by atoms with Crippen molar-refractivity contribution in [2.24, 2.45) is 0 Å². The number of phosphoric acid groups is 2. The highest BCUT2D eigenvalue weighted by Gasteiger charge is 2.30. The molecule has 19 heteroatoms. The Bertz CT molecular complexity index is 2170. The largest absolute Gasteiger partial charge is 0.472 e. The molecule has 0 bridgehead atoms. The molecule has 17 nitrogen and oxygen atoms in total. The molecule has 3 N–H and O–H groups in total. The van der Waals surface area contributed by atoms with E-state index in [9.17, 15) is 43.2 Å². The van der Waals surface area contributed by atoms with Gasteiger partial charge in [-0.2, -0.15) is 0 Å². The molecule has 0 fully saturated rings. The summed E-state index contributed by atoms with van der Waals surface area (Å²) in [5, 5.41) is 10.6. The highest BCUT2D eigenvalue weighted by Crippen LogP contribution is 2.45. The minimum Gasteiger partial charge on any atom is -0.462 e. The van der Waals surface area contributed by atoms with Gasteiger partial charge in [0.2, 0.25) is 0 Å². The second kappa shape index (κ2) is 67.5. The number of allylic oxidation sites excluding steroid dienone is 16. The van der Waals surface area contributed by atoms with Crippen LogP contribution in [0.5, 0.6) is 0 Å². The SMILES string of the molecule is CC/C=C\C/C=C\C/C=C\C/C=C\CCCCC(=O)OCC(COP(=O)(O)OCC(O)COP(=O)(O)OCC(COC(=O)CCCCCCC/C=C\C/C=C\C/C=C\CC)OC(=O)CCCCCCC/C=C\CCCC)OC(=O)CCCCCCCCCCCCCCC. The number of hydrogen-bond acceptors (Lipinski definition) is 15. The number of ether oxygens (including phenoxy) is 4. The molecule has 0 radical (unpaired) electrons. The van der Waals surface area contributed by atoms with Gasteiger partial charge in [-0.3, -0.25) is 37.3 Å². The molecule has 0 saturated carbocycles. The van der Waals surface area contributed by atoms with Crippen molar-refractivity contribution in [1.82, 2.24) is 0 Å². The lowest BCUT2D eigenvalue weighted by Crippen LogP contribution is -2.30.